The minimum absolute atomic E-state index is 0.213. The maximum absolute atomic E-state index is 13.9. The zero-order chi connectivity index (χ0) is 16.1. The smallest absolute Gasteiger partial charge is 0.323 e. The molecule has 0 amide bonds. The summed E-state index contributed by atoms with van der Waals surface area (Å²) < 4.78 is 13.9. The highest BCUT2D eigenvalue weighted by atomic mass is 19.1. The van der Waals surface area contributed by atoms with E-state index in [1.165, 1.54) is 11.0 Å². The van der Waals surface area contributed by atoms with Gasteiger partial charge in [-0.15, -0.1) is 0 Å². The van der Waals surface area contributed by atoms with Crippen molar-refractivity contribution in [3.05, 3.63) is 29.6 Å². The lowest BCUT2D eigenvalue weighted by Gasteiger charge is -2.34. The van der Waals surface area contributed by atoms with E-state index in [1.54, 1.807) is 19.2 Å². The number of carbonyl (C=O) groups is 1. The second-order valence-electron chi connectivity index (χ2n) is 5.75. The fourth-order valence-corrected chi connectivity index (χ4v) is 2.76. The van der Waals surface area contributed by atoms with Gasteiger partial charge in [-0.2, -0.15) is 0 Å². The van der Waals surface area contributed by atoms with E-state index in [-0.39, 0.29) is 12.4 Å². The monoisotopic (exact) mass is 309 g/mol. The van der Waals surface area contributed by atoms with E-state index >= 15 is 0 Å². The molecular formula is C16H24FN3O2. The van der Waals surface area contributed by atoms with Crippen LogP contribution in [0.2, 0.25) is 0 Å². The van der Waals surface area contributed by atoms with Gasteiger partial charge in [0.1, 0.15) is 12.4 Å². The average Bonchev–Trinajstić information content (AvgIpc) is 2.49. The molecule has 1 aliphatic rings. The SMILES string of the molecule is CCN1CCN(Cc2ccc(F)c(N(C)CC(=O)O)c2)CC1. The summed E-state index contributed by atoms with van der Waals surface area (Å²) >= 11 is 0. The highest BCUT2D eigenvalue weighted by Gasteiger charge is 2.17. The van der Waals surface area contributed by atoms with Crippen molar-refractivity contribution in [1.82, 2.24) is 9.80 Å². The van der Waals surface area contributed by atoms with Crippen LogP contribution in [0.15, 0.2) is 18.2 Å². The molecule has 1 aromatic carbocycles. The third-order valence-corrected chi connectivity index (χ3v) is 4.11. The molecule has 1 fully saturated rings. The van der Waals surface area contributed by atoms with E-state index in [4.69, 9.17) is 5.11 Å². The summed E-state index contributed by atoms with van der Waals surface area (Å²) in [6.07, 6.45) is 0. The van der Waals surface area contributed by atoms with Crippen LogP contribution >= 0.6 is 0 Å². The summed E-state index contributed by atoms with van der Waals surface area (Å²) in [6.45, 7) is 7.93. The number of likely N-dealkylation sites (N-methyl/N-ethyl adjacent to an activating group) is 2. The predicted molar refractivity (Wildman–Crippen MR) is 84.7 cm³/mol. The molecule has 2 rings (SSSR count). The number of nitrogens with zero attached hydrogens (tertiary/aromatic N) is 3. The number of halogens is 1. The molecule has 1 heterocycles. The molecule has 0 bridgehead atoms. The Labute approximate surface area is 130 Å². The lowest BCUT2D eigenvalue weighted by molar-refractivity contribution is -0.135. The molecule has 1 aliphatic heterocycles. The van der Waals surface area contributed by atoms with Crippen molar-refractivity contribution in [3.8, 4) is 0 Å². The molecule has 1 aromatic rings. The van der Waals surface area contributed by atoms with Crippen LogP contribution in [0, 0.1) is 5.82 Å². The van der Waals surface area contributed by atoms with Gasteiger partial charge in [-0.05, 0) is 24.2 Å². The molecule has 6 heteroatoms. The topological polar surface area (TPSA) is 47.0 Å². The van der Waals surface area contributed by atoms with Gasteiger partial charge in [0.05, 0.1) is 5.69 Å². The van der Waals surface area contributed by atoms with E-state index < -0.39 is 5.97 Å². The minimum Gasteiger partial charge on any atom is -0.480 e. The molecule has 122 valence electrons. The molecule has 0 saturated carbocycles. The van der Waals surface area contributed by atoms with E-state index in [1.807, 2.05) is 0 Å². The summed E-state index contributed by atoms with van der Waals surface area (Å²) in [5.74, 6) is -1.36. The van der Waals surface area contributed by atoms with Crippen LogP contribution in [0.5, 0.6) is 0 Å². The third kappa shape index (κ3) is 4.42. The molecule has 1 N–H and O–H groups in total. The van der Waals surface area contributed by atoms with Crippen molar-refractivity contribution in [2.75, 3.05) is 51.2 Å². The summed E-state index contributed by atoms with van der Waals surface area (Å²) in [6, 6.07) is 4.95. The van der Waals surface area contributed by atoms with Crippen molar-refractivity contribution < 1.29 is 14.3 Å². The fraction of sp³-hybridized carbons (Fsp3) is 0.562. The normalized spacial score (nSPS) is 16.7. The van der Waals surface area contributed by atoms with Gasteiger partial charge in [0.15, 0.2) is 0 Å². The summed E-state index contributed by atoms with van der Waals surface area (Å²) in [4.78, 5) is 17.0. The first kappa shape index (κ1) is 16.7. The maximum Gasteiger partial charge on any atom is 0.323 e. The van der Waals surface area contributed by atoms with Crippen LogP contribution in [0.3, 0.4) is 0 Å². The summed E-state index contributed by atoms with van der Waals surface area (Å²) in [5.41, 5.74) is 1.35. The van der Waals surface area contributed by atoms with Crippen molar-refractivity contribution in [1.29, 1.82) is 0 Å². The Morgan fingerprint density at radius 3 is 2.50 bits per heavy atom. The first-order chi connectivity index (χ1) is 10.5. The van der Waals surface area contributed by atoms with E-state index in [9.17, 15) is 9.18 Å². The molecule has 0 spiro atoms. The van der Waals surface area contributed by atoms with Gasteiger partial charge < -0.3 is 14.9 Å². The summed E-state index contributed by atoms with van der Waals surface area (Å²) in [7, 11) is 1.59. The highest BCUT2D eigenvalue weighted by molar-refractivity contribution is 5.73. The Kier molecular flexibility index (Phi) is 5.74. The Morgan fingerprint density at radius 1 is 1.27 bits per heavy atom. The number of aliphatic carboxylic acids is 1. The Morgan fingerprint density at radius 2 is 1.91 bits per heavy atom. The van der Waals surface area contributed by atoms with Gasteiger partial charge in [0, 0.05) is 39.8 Å². The van der Waals surface area contributed by atoms with E-state index in [0.29, 0.717) is 5.69 Å². The standard InChI is InChI=1S/C16H24FN3O2/c1-3-19-6-8-20(9-7-19)11-13-4-5-14(17)15(10-13)18(2)12-16(21)22/h4-5,10H,3,6-9,11-12H2,1-2H3,(H,21,22). The fourth-order valence-electron chi connectivity index (χ4n) is 2.76. The predicted octanol–water partition coefficient (Wildman–Crippen LogP) is 1.48. The molecule has 0 aromatic heterocycles. The minimum atomic E-state index is -0.969. The van der Waals surface area contributed by atoms with Crippen molar-refractivity contribution >= 4 is 11.7 Å². The molecule has 0 atom stereocenters. The number of carboxylic acid groups (broad SMARTS) is 1. The van der Waals surface area contributed by atoms with Crippen molar-refractivity contribution in [2.24, 2.45) is 0 Å². The largest absolute Gasteiger partial charge is 0.480 e. The number of piperazine rings is 1. The number of anilines is 1. The van der Waals surface area contributed by atoms with Crippen LogP contribution in [-0.4, -0.2) is 67.2 Å². The molecule has 22 heavy (non-hydrogen) atoms. The van der Waals surface area contributed by atoms with Crippen LogP contribution in [0.25, 0.3) is 0 Å². The molecule has 5 nitrogen and oxygen atoms in total. The average molecular weight is 309 g/mol. The van der Waals surface area contributed by atoms with Crippen LogP contribution < -0.4 is 4.90 Å². The Balaban J connectivity index is 2.01. The van der Waals surface area contributed by atoms with Crippen LogP contribution in [-0.2, 0) is 11.3 Å². The first-order valence-electron chi connectivity index (χ1n) is 7.65. The van der Waals surface area contributed by atoms with Gasteiger partial charge in [-0.1, -0.05) is 13.0 Å². The number of hydrogen-bond acceptors (Lipinski definition) is 4. The lowest BCUT2D eigenvalue weighted by Crippen LogP contribution is -2.45. The lowest BCUT2D eigenvalue weighted by atomic mass is 10.1. The summed E-state index contributed by atoms with van der Waals surface area (Å²) in [5, 5.41) is 8.84. The van der Waals surface area contributed by atoms with Crippen LogP contribution in [0.1, 0.15) is 12.5 Å². The van der Waals surface area contributed by atoms with Gasteiger partial charge in [0.25, 0.3) is 0 Å². The van der Waals surface area contributed by atoms with Gasteiger partial charge in [-0.3, -0.25) is 9.69 Å². The van der Waals surface area contributed by atoms with Gasteiger partial charge in [-0.25, -0.2) is 4.39 Å². The van der Waals surface area contributed by atoms with Gasteiger partial charge >= 0.3 is 5.97 Å². The molecule has 0 aliphatic carbocycles. The first-order valence-corrected chi connectivity index (χ1v) is 7.65. The Hall–Kier alpha value is -1.66. The van der Waals surface area contributed by atoms with Crippen molar-refractivity contribution in [3.63, 3.8) is 0 Å². The quantitative estimate of drug-likeness (QED) is 0.862. The zero-order valence-corrected chi connectivity index (χ0v) is 13.3. The number of rotatable bonds is 6. The van der Waals surface area contributed by atoms with E-state index in [0.717, 1.165) is 44.8 Å². The van der Waals surface area contributed by atoms with Crippen LogP contribution in [0.4, 0.5) is 10.1 Å². The number of carboxylic acids is 1. The second-order valence-corrected chi connectivity index (χ2v) is 5.75. The van der Waals surface area contributed by atoms with Gasteiger partial charge in [0.2, 0.25) is 0 Å². The number of benzene rings is 1. The zero-order valence-electron chi connectivity index (χ0n) is 13.3. The molecule has 0 unspecified atom stereocenters. The Bertz CT molecular complexity index is 516. The maximum atomic E-state index is 13.9. The third-order valence-electron chi connectivity index (χ3n) is 4.11. The molecule has 1 saturated heterocycles. The molecule has 0 radical (unpaired) electrons. The molecular weight excluding hydrogens is 285 g/mol. The van der Waals surface area contributed by atoms with E-state index in [2.05, 4.69) is 16.7 Å². The van der Waals surface area contributed by atoms with Crippen molar-refractivity contribution in [2.45, 2.75) is 13.5 Å². The number of hydrogen-bond donors (Lipinski definition) is 1. The highest BCUT2D eigenvalue weighted by Crippen LogP contribution is 2.21. The second kappa shape index (κ2) is 7.56.